The van der Waals surface area contributed by atoms with E-state index in [1.165, 1.54) is 4.90 Å². The molecule has 1 fully saturated rings. The first-order valence-corrected chi connectivity index (χ1v) is 9.27. The molecule has 3 rings (SSSR count). The second-order valence-electron chi connectivity index (χ2n) is 6.85. The quantitative estimate of drug-likeness (QED) is 0.594. The maximum atomic E-state index is 12.1. The summed E-state index contributed by atoms with van der Waals surface area (Å²) < 4.78 is 0. The average molecular weight is 384 g/mol. The zero-order valence-electron chi connectivity index (χ0n) is 15.4. The summed E-state index contributed by atoms with van der Waals surface area (Å²) in [7, 11) is 0. The van der Waals surface area contributed by atoms with Crippen LogP contribution in [0.25, 0.3) is 11.1 Å². The molecule has 1 heterocycles. The van der Waals surface area contributed by atoms with Gasteiger partial charge in [0.25, 0.3) is 11.8 Å². The molecule has 2 aromatic rings. The zero-order valence-corrected chi connectivity index (χ0v) is 15.4. The van der Waals surface area contributed by atoms with Gasteiger partial charge >= 0.3 is 0 Å². The summed E-state index contributed by atoms with van der Waals surface area (Å²) in [6, 6.07) is 14.2. The summed E-state index contributed by atoms with van der Waals surface area (Å²) in [5.41, 5.74) is 2.32. The highest BCUT2D eigenvalue weighted by molar-refractivity contribution is 5.90. The Hall–Kier alpha value is -2.90. The molecular formula is C21H24N2O5. The fourth-order valence-electron chi connectivity index (χ4n) is 3.22. The Kier molecular flexibility index (Phi) is 6.28. The Morgan fingerprint density at radius 3 is 2.25 bits per heavy atom. The van der Waals surface area contributed by atoms with Crippen LogP contribution in [-0.4, -0.2) is 57.3 Å². The van der Waals surface area contributed by atoms with Crippen molar-refractivity contribution in [2.45, 2.75) is 31.6 Å². The maximum absolute atomic E-state index is 12.1. The summed E-state index contributed by atoms with van der Waals surface area (Å²) in [6.07, 6.45) is -1.86. The molecule has 0 unspecified atom stereocenters. The van der Waals surface area contributed by atoms with Crippen LogP contribution in [0, 0.1) is 0 Å². The predicted molar refractivity (Wildman–Crippen MR) is 103 cm³/mol. The monoisotopic (exact) mass is 384 g/mol. The first-order chi connectivity index (χ1) is 13.5. The molecule has 7 nitrogen and oxygen atoms in total. The molecule has 1 saturated heterocycles. The number of hydrogen-bond donors (Lipinski definition) is 4. The van der Waals surface area contributed by atoms with Gasteiger partial charge in [0.05, 0.1) is 0 Å². The van der Waals surface area contributed by atoms with Crippen LogP contribution in [0.3, 0.4) is 0 Å². The van der Waals surface area contributed by atoms with Gasteiger partial charge in [0, 0.05) is 25.2 Å². The maximum Gasteiger partial charge on any atom is 0.254 e. The number of carbonyl (C=O) groups excluding carboxylic acids is 2. The molecule has 0 saturated carbocycles. The lowest BCUT2D eigenvalue weighted by atomic mass is 10.0. The van der Waals surface area contributed by atoms with Crippen LogP contribution in [0.4, 0.5) is 0 Å². The molecule has 2 atom stereocenters. The van der Waals surface area contributed by atoms with Crippen molar-refractivity contribution in [2.24, 2.45) is 0 Å². The molecule has 2 aromatic carbocycles. The molecule has 1 aliphatic heterocycles. The number of rotatable bonds is 6. The van der Waals surface area contributed by atoms with E-state index in [9.17, 15) is 24.9 Å². The largest absolute Gasteiger partial charge is 0.507 e. The Morgan fingerprint density at radius 2 is 1.61 bits per heavy atom. The van der Waals surface area contributed by atoms with Crippen LogP contribution in [0.1, 0.15) is 18.4 Å². The topological polar surface area (TPSA) is 110 Å². The second kappa shape index (κ2) is 8.86. The molecule has 4 N–H and O–H groups in total. The minimum atomic E-state index is -1.81. The van der Waals surface area contributed by atoms with E-state index in [4.69, 9.17) is 0 Å². The van der Waals surface area contributed by atoms with Gasteiger partial charge in [-0.25, -0.2) is 0 Å². The summed E-state index contributed by atoms with van der Waals surface area (Å²) in [6.45, 7) is 1.21. The molecule has 7 heteroatoms. The second-order valence-corrected chi connectivity index (χ2v) is 6.85. The van der Waals surface area contributed by atoms with Crippen LogP contribution >= 0.6 is 0 Å². The van der Waals surface area contributed by atoms with Crippen molar-refractivity contribution >= 4 is 11.8 Å². The molecule has 0 bridgehead atoms. The number of hydrogen-bond acceptors (Lipinski definition) is 5. The van der Waals surface area contributed by atoms with Crippen LogP contribution in [0.5, 0.6) is 5.75 Å². The number of aliphatic hydroxyl groups is 2. The molecule has 0 spiro atoms. The van der Waals surface area contributed by atoms with E-state index in [1.807, 2.05) is 18.2 Å². The highest BCUT2D eigenvalue weighted by Gasteiger charge is 2.34. The van der Waals surface area contributed by atoms with Crippen molar-refractivity contribution in [3.8, 4) is 16.9 Å². The Bertz CT molecular complexity index is 831. The number of nitrogens with one attached hydrogen (secondary N) is 1. The van der Waals surface area contributed by atoms with Gasteiger partial charge < -0.3 is 25.5 Å². The molecule has 0 aliphatic carbocycles. The Morgan fingerprint density at radius 1 is 0.964 bits per heavy atom. The highest BCUT2D eigenvalue weighted by atomic mass is 16.3. The molecule has 28 heavy (non-hydrogen) atoms. The van der Waals surface area contributed by atoms with Crippen molar-refractivity contribution in [2.75, 3.05) is 13.1 Å². The third-order valence-electron chi connectivity index (χ3n) is 4.87. The molecule has 0 aromatic heterocycles. The van der Waals surface area contributed by atoms with Gasteiger partial charge in [-0.15, -0.1) is 0 Å². The number of amides is 2. The fourth-order valence-corrected chi connectivity index (χ4v) is 3.22. The lowest BCUT2D eigenvalue weighted by molar-refractivity contribution is -0.152. The molecular weight excluding hydrogens is 360 g/mol. The fraction of sp³-hybridized carbons (Fsp3) is 0.333. The molecule has 148 valence electrons. The summed E-state index contributed by atoms with van der Waals surface area (Å²) in [5.74, 6) is -1.24. The minimum absolute atomic E-state index is 0.140. The number of likely N-dealkylation sites (tertiary alicyclic amines) is 1. The number of phenols is 1. The van der Waals surface area contributed by atoms with E-state index in [0.717, 1.165) is 24.0 Å². The Labute approximate surface area is 163 Å². The van der Waals surface area contributed by atoms with Crippen molar-refractivity contribution < 1.29 is 24.9 Å². The van der Waals surface area contributed by atoms with E-state index in [1.54, 1.807) is 30.3 Å². The van der Waals surface area contributed by atoms with Crippen LogP contribution in [0.2, 0.25) is 0 Å². The number of para-hydroxylation sites is 1. The van der Waals surface area contributed by atoms with Crippen molar-refractivity contribution in [1.29, 1.82) is 0 Å². The number of aromatic hydroxyl groups is 1. The third-order valence-corrected chi connectivity index (χ3v) is 4.87. The van der Waals surface area contributed by atoms with Gasteiger partial charge in [-0.05, 0) is 30.0 Å². The number of benzene rings is 2. The molecule has 0 radical (unpaired) electrons. The first kappa shape index (κ1) is 19.9. The van der Waals surface area contributed by atoms with Gasteiger partial charge in [0.1, 0.15) is 5.75 Å². The lowest BCUT2D eigenvalue weighted by Crippen LogP contribution is -2.50. The van der Waals surface area contributed by atoms with E-state index in [-0.39, 0.29) is 12.3 Å². The molecule has 2 amide bonds. The summed E-state index contributed by atoms with van der Waals surface area (Å²) in [5, 5.41) is 32.4. The highest BCUT2D eigenvalue weighted by Crippen LogP contribution is 2.28. The summed E-state index contributed by atoms with van der Waals surface area (Å²) >= 11 is 0. The van der Waals surface area contributed by atoms with Gasteiger partial charge in [0.2, 0.25) is 0 Å². The van der Waals surface area contributed by atoms with Gasteiger partial charge in [0.15, 0.2) is 12.2 Å². The number of nitrogens with zero attached hydrogens (tertiary/aromatic N) is 1. The van der Waals surface area contributed by atoms with Crippen LogP contribution in [-0.2, 0) is 16.1 Å². The predicted octanol–water partition coefficient (Wildman–Crippen LogP) is 1.02. The van der Waals surface area contributed by atoms with Crippen molar-refractivity contribution in [3.63, 3.8) is 0 Å². The van der Waals surface area contributed by atoms with Crippen molar-refractivity contribution in [1.82, 2.24) is 10.2 Å². The van der Waals surface area contributed by atoms with E-state index in [0.29, 0.717) is 18.7 Å². The number of carbonyl (C=O) groups is 2. The zero-order chi connectivity index (χ0) is 20.1. The smallest absolute Gasteiger partial charge is 0.254 e. The number of phenolic OH excluding ortho intramolecular Hbond substituents is 1. The standard InChI is InChI=1S/C21H24N2O5/c24-17-6-2-1-5-16(17)15-9-7-14(8-10-15)13-22-20(27)18(25)19(26)21(28)23-11-3-4-12-23/h1-2,5-10,18-19,24-26H,3-4,11-13H2,(H,22,27)/t18-,19-/m1/s1. The SMILES string of the molecule is O=C(NCc1ccc(-c2ccccc2O)cc1)[C@H](O)[C@@H](O)C(=O)N1CCCC1. The third kappa shape index (κ3) is 4.49. The number of aliphatic hydroxyl groups excluding tert-OH is 2. The normalized spacial score (nSPS) is 15.9. The average Bonchev–Trinajstić information content (AvgIpc) is 3.26. The van der Waals surface area contributed by atoms with Crippen LogP contribution in [0.15, 0.2) is 48.5 Å². The van der Waals surface area contributed by atoms with E-state index in [2.05, 4.69) is 5.32 Å². The van der Waals surface area contributed by atoms with E-state index >= 15 is 0 Å². The van der Waals surface area contributed by atoms with Crippen LogP contribution < -0.4 is 5.32 Å². The summed E-state index contributed by atoms with van der Waals surface area (Å²) in [4.78, 5) is 25.6. The van der Waals surface area contributed by atoms with E-state index < -0.39 is 24.0 Å². The molecule has 1 aliphatic rings. The first-order valence-electron chi connectivity index (χ1n) is 9.27. The Balaban J connectivity index is 1.55. The van der Waals surface area contributed by atoms with Crippen molar-refractivity contribution in [3.05, 3.63) is 54.1 Å². The lowest BCUT2D eigenvalue weighted by Gasteiger charge is -2.22. The van der Waals surface area contributed by atoms with Gasteiger partial charge in [-0.2, -0.15) is 0 Å². The van der Waals surface area contributed by atoms with Gasteiger partial charge in [-0.1, -0.05) is 42.5 Å². The minimum Gasteiger partial charge on any atom is -0.507 e. The van der Waals surface area contributed by atoms with Gasteiger partial charge in [-0.3, -0.25) is 9.59 Å².